The predicted molar refractivity (Wildman–Crippen MR) is 287 cm³/mol. The lowest BCUT2D eigenvalue weighted by Gasteiger charge is -2.57. The van der Waals surface area contributed by atoms with Crippen LogP contribution in [0.1, 0.15) is 145 Å². The highest BCUT2D eigenvalue weighted by molar-refractivity contribution is 8.16. The van der Waals surface area contributed by atoms with Crippen molar-refractivity contribution >= 4 is 87.5 Å². The molecule has 0 aromatic carbocycles. The van der Waals surface area contributed by atoms with Crippen molar-refractivity contribution in [3.05, 3.63) is 82.0 Å². The summed E-state index contributed by atoms with van der Waals surface area (Å²) in [6.07, 6.45) is 31.8. The Bertz CT molecular complexity index is 2130. The monoisotopic (exact) mass is 975 g/mol. The van der Waals surface area contributed by atoms with E-state index in [-0.39, 0.29) is 51.9 Å². The average molecular weight is 975 g/mol. The number of carbonyl (C=O) groups excluding carboxylic acids is 2. The third-order valence-electron chi connectivity index (χ3n) is 18.3. The largest absolute Gasteiger partial charge is 0.324 e. The van der Waals surface area contributed by atoms with Crippen molar-refractivity contribution in [2.75, 3.05) is 0 Å². The molecule has 66 heavy (non-hydrogen) atoms. The third-order valence-corrected chi connectivity index (χ3v) is 19.7. The van der Waals surface area contributed by atoms with E-state index in [4.69, 9.17) is 22.1 Å². The van der Waals surface area contributed by atoms with Gasteiger partial charge in [-0.1, -0.05) is 165 Å². The van der Waals surface area contributed by atoms with Crippen LogP contribution in [-0.4, -0.2) is 69.7 Å². The van der Waals surface area contributed by atoms with Crippen molar-refractivity contribution < 1.29 is 26.3 Å². The van der Waals surface area contributed by atoms with Crippen LogP contribution >= 0.6 is 47.6 Å². The van der Waals surface area contributed by atoms with Crippen molar-refractivity contribution in [2.45, 2.75) is 170 Å². The van der Waals surface area contributed by atoms with Crippen molar-refractivity contribution in [3.8, 4) is 0 Å². The van der Waals surface area contributed by atoms with E-state index >= 15 is 0 Å². The van der Waals surface area contributed by atoms with E-state index in [1.807, 2.05) is 6.08 Å². The first-order valence-corrected chi connectivity index (χ1v) is 27.7. The molecule has 8 aliphatic carbocycles. The molecule has 0 aromatic rings. The zero-order chi connectivity index (χ0) is 50.4. The van der Waals surface area contributed by atoms with Crippen LogP contribution in [0, 0.1) is 57.2 Å². The fraction of sp³-hybridized carbons (Fsp3) is 0.692. The SMILES string of the molecule is [3H][B]SO[C@@H]1CC2=CC=C3C(CC[C@]4(C)C([C@H](C)C/C=C/C(C)=O)=CCC34)[C@@]2(C)[C@@H](OS[B][3H])C1.[3H][B]SO[C@@H]1CC2=CC=C3C(CC[C@]4(C)C([C@H](C)CCCC(C)=O)=CCC34)[C@@]2(C)[C@@H](OS[B][3H])C1. The number of ketones is 2. The molecule has 4 fully saturated rings. The Balaban J connectivity index is 0.000000206. The zero-order valence-electron chi connectivity index (χ0n) is 44.7. The minimum absolute atomic E-state index is 0.00437. The van der Waals surface area contributed by atoms with Gasteiger partial charge in [-0.15, -0.1) is 0 Å². The van der Waals surface area contributed by atoms with Gasteiger partial charge in [0.2, 0.25) is 28.4 Å². The van der Waals surface area contributed by atoms with Gasteiger partial charge in [0.15, 0.2) is 5.78 Å². The van der Waals surface area contributed by atoms with Gasteiger partial charge in [-0.25, -0.2) is 0 Å². The summed E-state index contributed by atoms with van der Waals surface area (Å²) < 4.78 is 53.9. The van der Waals surface area contributed by atoms with Crippen LogP contribution in [0.5, 0.6) is 0 Å². The van der Waals surface area contributed by atoms with Crippen molar-refractivity contribution in [1.29, 1.82) is 5.34 Å². The molecule has 0 saturated heterocycles. The summed E-state index contributed by atoms with van der Waals surface area (Å²) in [5.41, 5.74) is 9.20. The maximum absolute atomic E-state index is 11.4. The number of carbonyl (C=O) groups is 2. The topological polar surface area (TPSA) is 71.1 Å². The Hall–Kier alpha value is -0.980. The highest BCUT2D eigenvalue weighted by Gasteiger charge is 2.60. The normalized spacial score (nSPS) is 39.1. The second kappa shape index (κ2) is 22.2. The fourth-order valence-corrected chi connectivity index (χ4v) is 16.3. The summed E-state index contributed by atoms with van der Waals surface area (Å²) in [6.45, 7) is 17.6. The third kappa shape index (κ3) is 10.1. The van der Waals surface area contributed by atoms with E-state index < -0.39 is 0 Å². The van der Waals surface area contributed by atoms with E-state index in [9.17, 15) is 9.59 Å². The van der Waals surface area contributed by atoms with Crippen molar-refractivity contribution in [3.63, 3.8) is 0 Å². The molecule has 0 bridgehead atoms. The van der Waals surface area contributed by atoms with E-state index in [2.05, 4.69) is 78.0 Å². The first-order valence-electron chi connectivity index (χ1n) is 26.8. The molecule has 4 radical (unpaired) electrons. The summed E-state index contributed by atoms with van der Waals surface area (Å²) in [5.74, 6) is 3.25. The highest BCUT2D eigenvalue weighted by atomic mass is 32.2. The molecule has 14 heteroatoms. The van der Waals surface area contributed by atoms with Gasteiger partial charge in [-0.3, -0.25) is 4.79 Å². The molecular weight excluding hydrogens is 892 g/mol. The maximum atomic E-state index is 11.4. The maximum Gasteiger partial charge on any atom is 0.209 e. The lowest BCUT2D eigenvalue weighted by Crippen LogP contribution is -2.52. The number of allylic oxidation sites excluding steroid dienone is 12. The van der Waals surface area contributed by atoms with Crippen LogP contribution in [0.3, 0.4) is 0 Å². The first-order chi connectivity index (χ1) is 33.5. The van der Waals surface area contributed by atoms with Crippen LogP contribution in [0.2, 0.25) is 0 Å². The first kappa shape index (κ1) is 47.4. The molecule has 0 aliphatic heterocycles. The van der Waals surface area contributed by atoms with Crippen LogP contribution in [0.25, 0.3) is 0 Å². The summed E-state index contributed by atoms with van der Waals surface area (Å²) in [4.78, 5) is 22.8. The fourth-order valence-electron chi connectivity index (χ4n) is 14.9. The van der Waals surface area contributed by atoms with Crippen LogP contribution in [-0.2, 0) is 26.3 Å². The lowest BCUT2D eigenvalue weighted by atomic mass is 9.49. The minimum atomic E-state index is -0.116. The number of fused-ring (bicyclic) bond motifs is 10. The second-order valence-electron chi connectivity index (χ2n) is 21.7. The smallest absolute Gasteiger partial charge is 0.209 e. The summed E-state index contributed by atoms with van der Waals surface area (Å²) in [5, 5.41) is 0. The van der Waals surface area contributed by atoms with Gasteiger partial charge >= 0.3 is 0 Å². The average Bonchev–Trinajstić information content (AvgIpc) is 3.88. The molecule has 354 valence electrons. The van der Waals surface area contributed by atoms with Gasteiger partial charge in [0.25, 0.3) is 0 Å². The van der Waals surface area contributed by atoms with Crippen molar-refractivity contribution in [1.82, 2.24) is 0 Å². The zero-order valence-corrected chi connectivity index (χ0v) is 43.9. The number of hydrogen-bond donors (Lipinski definition) is 0. The summed E-state index contributed by atoms with van der Waals surface area (Å²) >= 11 is 4.41. The predicted octanol–water partition coefficient (Wildman–Crippen LogP) is 12.0. The molecule has 8 rings (SSSR count). The molecule has 0 heterocycles. The quantitative estimate of drug-likeness (QED) is 0.0481. The Morgan fingerprint density at radius 3 is 1.64 bits per heavy atom. The number of rotatable bonds is 21. The minimum Gasteiger partial charge on any atom is -0.324 e. The molecule has 4 unspecified atom stereocenters. The number of hydrogen-bond acceptors (Lipinski definition) is 10. The van der Waals surface area contributed by atoms with Gasteiger partial charge in [-0.05, 0) is 142 Å². The van der Waals surface area contributed by atoms with Crippen molar-refractivity contribution in [2.24, 2.45) is 57.2 Å². The molecule has 0 N–H and O–H groups in total. The second-order valence-corrected chi connectivity index (χ2v) is 23.3. The van der Waals surface area contributed by atoms with Crippen LogP contribution in [0.15, 0.2) is 82.0 Å². The summed E-state index contributed by atoms with van der Waals surface area (Å²) in [6, 6.07) is 0. The van der Waals surface area contributed by atoms with E-state index in [0.29, 0.717) is 47.7 Å². The molecule has 0 aromatic heterocycles. The van der Waals surface area contributed by atoms with Crippen LogP contribution < -0.4 is 0 Å². The van der Waals surface area contributed by atoms with Gasteiger partial charge in [0.05, 0.1) is 24.4 Å². The molecule has 14 atom stereocenters. The Morgan fingerprint density at radius 1 is 0.712 bits per heavy atom. The Labute approximate surface area is 425 Å². The summed E-state index contributed by atoms with van der Waals surface area (Å²) in [7, 11) is 4.99. The van der Waals surface area contributed by atoms with Gasteiger partial charge in [-0.2, -0.15) is 0 Å². The standard InChI is InChI=1S/C26H38B2O3S2.C26H36B2O3S2/c2*1-16(6-5-7-17(2)29)21-10-11-22-20-9-8-18-14-19(30-32-27)15-24(31-33-28)26(18,4)23(20)12-13-25(21,22)3/h8-10,16,19,22-24,27-28H,5-7,11-15H2,1-4H3;5,7-10,16,19,22-24,27-28H,6,11-15H2,1-4H3/b;7-5+/t2*16-,19-,22?,23?,24+,25-,26+/m11/s1/i2*27T,28T. The van der Waals surface area contributed by atoms with Gasteiger partial charge < -0.3 is 21.5 Å². The molecule has 8 aliphatic rings. The molecular formula is C52H74B4O6S4. The molecule has 4 saturated carbocycles. The molecule has 0 amide bonds. The lowest BCUT2D eigenvalue weighted by molar-refractivity contribution is -0.117. The Kier molecular flexibility index (Phi) is 15.9. The highest BCUT2D eigenvalue weighted by Crippen LogP contribution is 2.67. The molecule has 0 spiro atoms. The van der Waals surface area contributed by atoms with E-state index in [0.717, 1.165) is 125 Å². The van der Waals surface area contributed by atoms with E-state index in [1.54, 1.807) is 42.2 Å². The molecule has 6 nitrogen and oxygen atoms in total. The van der Waals surface area contributed by atoms with Gasteiger partial charge in [0, 0.05) is 30.1 Å². The number of Topliss-reactive ketones (excluding diaryl/α,β-unsaturated/α-hetero) is 1. The van der Waals surface area contributed by atoms with Gasteiger partial charge in [0.1, 0.15) is 5.78 Å². The van der Waals surface area contributed by atoms with Crippen LogP contribution in [0.4, 0.5) is 0 Å². The Morgan fingerprint density at radius 2 is 1.18 bits per heavy atom. The van der Waals surface area contributed by atoms with E-state index in [1.165, 1.54) is 45.9 Å².